The quantitative estimate of drug-likeness (QED) is 0.771. The molecule has 0 aliphatic rings. The molecule has 0 aliphatic heterocycles. The normalized spacial score (nSPS) is 10.9. The van der Waals surface area contributed by atoms with Crippen LogP contribution >= 0.6 is 39.3 Å². The van der Waals surface area contributed by atoms with Gasteiger partial charge in [-0.3, -0.25) is 4.68 Å². The molecular formula is C14H14BrClN2O2S. The Kier molecular flexibility index (Phi) is 5.35. The van der Waals surface area contributed by atoms with Crippen molar-refractivity contribution in [2.24, 2.45) is 7.05 Å². The van der Waals surface area contributed by atoms with Gasteiger partial charge in [0, 0.05) is 17.7 Å². The molecule has 1 aromatic carbocycles. The second-order valence-electron chi connectivity index (χ2n) is 4.42. The van der Waals surface area contributed by atoms with Gasteiger partial charge in [-0.2, -0.15) is 5.10 Å². The molecule has 0 saturated heterocycles. The van der Waals surface area contributed by atoms with Crippen LogP contribution in [-0.4, -0.2) is 20.9 Å². The second-order valence-corrected chi connectivity index (χ2v) is 6.67. The number of rotatable bonds is 5. The van der Waals surface area contributed by atoms with Crippen LogP contribution in [0.4, 0.5) is 0 Å². The van der Waals surface area contributed by atoms with Crippen LogP contribution in [0.3, 0.4) is 0 Å². The smallest absolute Gasteiger partial charge is 0.337 e. The fourth-order valence-electron chi connectivity index (χ4n) is 1.89. The third-order valence-corrected chi connectivity index (χ3v) is 5.30. The Hall–Kier alpha value is -0.980. The van der Waals surface area contributed by atoms with Crippen LogP contribution in [0, 0.1) is 0 Å². The molecule has 21 heavy (non-hydrogen) atoms. The van der Waals surface area contributed by atoms with Crippen LogP contribution in [0.1, 0.15) is 28.7 Å². The fourth-order valence-corrected chi connectivity index (χ4v) is 4.03. The monoisotopic (exact) mass is 388 g/mol. The summed E-state index contributed by atoms with van der Waals surface area (Å²) in [6.07, 6.45) is 0.864. The van der Waals surface area contributed by atoms with Gasteiger partial charge in [0.25, 0.3) is 0 Å². The number of aromatic carboxylic acids is 1. The summed E-state index contributed by atoms with van der Waals surface area (Å²) in [5, 5.41) is 13.8. The maximum Gasteiger partial charge on any atom is 0.337 e. The molecule has 0 unspecified atom stereocenters. The highest BCUT2D eigenvalue weighted by molar-refractivity contribution is 9.10. The number of thioether (sulfide) groups is 1. The highest BCUT2D eigenvalue weighted by Crippen LogP contribution is 2.31. The van der Waals surface area contributed by atoms with E-state index in [1.807, 2.05) is 17.8 Å². The van der Waals surface area contributed by atoms with Crippen LogP contribution in [0.25, 0.3) is 0 Å². The lowest BCUT2D eigenvalue weighted by Crippen LogP contribution is -1.98. The van der Waals surface area contributed by atoms with Gasteiger partial charge in [0.2, 0.25) is 0 Å². The highest BCUT2D eigenvalue weighted by Gasteiger charge is 2.14. The van der Waals surface area contributed by atoms with Crippen LogP contribution in [0.15, 0.2) is 27.6 Å². The molecule has 0 spiro atoms. The van der Waals surface area contributed by atoms with Crippen LogP contribution in [0.2, 0.25) is 5.02 Å². The lowest BCUT2D eigenvalue weighted by molar-refractivity contribution is 0.0697. The molecule has 0 fully saturated rings. The van der Waals surface area contributed by atoms with Crippen molar-refractivity contribution in [3.63, 3.8) is 0 Å². The van der Waals surface area contributed by atoms with Crippen LogP contribution < -0.4 is 0 Å². The summed E-state index contributed by atoms with van der Waals surface area (Å²) in [5.41, 5.74) is 2.22. The zero-order valence-electron chi connectivity index (χ0n) is 11.6. The number of carboxylic acid groups (broad SMARTS) is 1. The molecule has 0 atom stereocenters. The predicted octanol–water partition coefficient (Wildman–Crippen LogP) is 4.39. The van der Waals surface area contributed by atoms with E-state index in [9.17, 15) is 4.79 Å². The van der Waals surface area contributed by atoms with E-state index in [-0.39, 0.29) is 10.6 Å². The molecule has 0 aliphatic carbocycles. The summed E-state index contributed by atoms with van der Waals surface area (Å²) in [6.45, 7) is 2.06. The first kappa shape index (κ1) is 16.4. The minimum Gasteiger partial charge on any atom is -0.478 e. The SMILES string of the molecule is CCc1nn(C)c(CSc2ccc(Cl)c(C(=O)O)c2)c1Br. The van der Waals surface area contributed by atoms with E-state index in [0.717, 1.165) is 27.2 Å². The Labute approximate surface area is 140 Å². The Morgan fingerprint density at radius 2 is 2.24 bits per heavy atom. The molecular weight excluding hydrogens is 376 g/mol. The molecule has 1 N–H and O–H groups in total. The van der Waals surface area contributed by atoms with Gasteiger partial charge in [0.1, 0.15) is 0 Å². The fraction of sp³-hybridized carbons (Fsp3) is 0.286. The lowest BCUT2D eigenvalue weighted by Gasteiger charge is -2.05. The Bertz CT molecular complexity index is 688. The van der Waals surface area contributed by atoms with Gasteiger partial charge in [-0.25, -0.2) is 4.79 Å². The summed E-state index contributed by atoms with van der Waals surface area (Å²) in [7, 11) is 1.91. The molecule has 0 saturated carbocycles. The van der Waals surface area contributed by atoms with Crippen molar-refractivity contribution >= 4 is 45.3 Å². The lowest BCUT2D eigenvalue weighted by atomic mass is 10.2. The molecule has 0 bridgehead atoms. The zero-order valence-corrected chi connectivity index (χ0v) is 14.7. The Morgan fingerprint density at radius 3 is 2.81 bits per heavy atom. The average Bonchev–Trinajstić information content (AvgIpc) is 2.72. The summed E-state index contributed by atoms with van der Waals surface area (Å²) in [4.78, 5) is 11.9. The van der Waals surface area contributed by atoms with Crippen molar-refractivity contribution < 1.29 is 9.90 Å². The van der Waals surface area contributed by atoms with Gasteiger partial charge in [0.15, 0.2) is 0 Å². The van der Waals surface area contributed by atoms with Crippen molar-refractivity contribution in [2.45, 2.75) is 24.0 Å². The minimum atomic E-state index is -1.02. The maximum absolute atomic E-state index is 11.1. The molecule has 4 nitrogen and oxygen atoms in total. The second kappa shape index (κ2) is 6.85. The van der Waals surface area contributed by atoms with Gasteiger partial charge < -0.3 is 5.11 Å². The van der Waals surface area contributed by atoms with Gasteiger partial charge in [-0.1, -0.05) is 18.5 Å². The van der Waals surface area contributed by atoms with Crippen LogP contribution in [-0.2, 0) is 19.2 Å². The maximum atomic E-state index is 11.1. The van der Waals surface area contributed by atoms with E-state index in [4.69, 9.17) is 16.7 Å². The largest absolute Gasteiger partial charge is 0.478 e. The van der Waals surface area contributed by atoms with Crippen molar-refractivity contribution in [3.05, 3.63) is 44.6 Å². The number of aromatic nitrogens is 2. The highest BCUT2D eigenvalue weighted by atomic mass is 79.9. The number of halogens is 2. The van der Waals surface area contributed by atoms with E-state index in [2.05, 4.69) is 28.0 Å². The third kappa shape index (κ3) is 3.62. The van der Waals surface area contributed by atoms with Crippen molar-refractivity contribution in [1.29, 1.82) is 0 Å². The first-order chi connectivity index (χ1) is 9.93. The van der Waals surface area contributed by atoms with Crippen LogP contribution in [0.5, 0.6) is 0 Å². The summed E-state index contributed by atoms with van der Waals surface area (Å²) in [5.74, 6) is -0.317. The van der Waals surface area contributed by atoms with E-state index < -0.39 is 5.97 Å². The van der Waals surface area contributed by atoms with Crippen molar-refractivity contribution in [2.75, 3.05) is 0 Å². The summed E-state index contributed by atoms with van der Waals surface area (Å²) < 4.78 is 2.87. The summed E-state index contributed by atoms with van der Waals surface area (Å²) >= 11 is 11.0. The van der Waals surface area contributed by atoms with Gasteiger partial charge in [0.05, 0.1) is 26.4 Å². The van der Waals surface area contributed by atoms with E-state index in [1.165, 1.54) is 0 Å². The number of hydrogen-bond acceptors (Lipinski definition) is 3. The Morgan fingerprint density at radius 1 is 1.52 bits per heavy atom. The zero-order chi connectivity index (χ0) is 15.6. The number of nitrogens with zero attached hydrogens (tertiary/aromatic N) is 2. The van der Waals surface area contributed by atoms with Gasteiger partial charge in [-0.15, -0.1) is 11.8 Å². The number of hydrogen-bond donors (Lipinski definition) is 1. The van der Waals surface area contributed by atoms with Gasteiger partial charge >= 0.3 is 5.97 Å². The minimum absolute atomic E-state index is 0.125. The molecule has 1 aromatic heterocycles. The average molecular weight is 390 g/mol. The van der Waals surface area contributed by atoms with Gasteiger partial charge in [-0.05, 0) is 40.5 Å². The number of benzene rings is 1. The van der Waals surface area contributed by atoms with Crippen molar-refractivity contribution in [3.8, 4) is 0 Å². The number of carboxylic acids is 1. The third-order valence-electron chi connectivity index (χ3n) is 3.05. The molecule has 0 radical (unpaired) electrons. The first-order valence-corrected chi connectivity index (χ1v) is 8.45. The topological polar surface area (TPSA) is 55.1 Å². The standard InChI is InChI=1S/C14H14BrClN2O2S/c1-3-11-13(15)12(18(2)17-11)7-21-8-4-5-10(16)9(6-8)14(19)20/h4-6H,3,7H2,1-2H3,(H,19,20). The molecule has 2 aromatic rings. The summed E-state index contributed by atoms with van der Waals surface area (Å²) in [6, 6.07) is 5.04. The molecule has 7 heteroatoms. The van der Waals surface area contributed by atoms with E-state index in [1.54, 1.807) is 23.9 Å². The van der Waals surface area contributed by atoms with E-state index in [0.29, 0.717) is 5.75 Å². The predicted molar refractivity (Wildman–Crippen MR) is 88.3 cm³/mol. The number of carbonyl (C=O) groups is 1. The Balaban J connectivity index is 2.19. The molecule has 112 valence electrons. The first-order valence-electron chi connectivity index (χ1n) is 6.30. The van der Waals surface area contributed by atoms with Crippen molar-refractivity contribution in [1.82, 2.24) is 9.78 Å². The molecule has 0 amide bonds. The molecule has 2 rings (SSSR count). The molecule has 1 heterocycles. The van der Waals surface area contributed by atoms with E-state index >= 15 is 0 Å². The number of aryl methyl sites for hydroxylation is 2.